The second-order valence-electron chi connectivity index (χ2n) is 2.95. The van der Waals surface area contributed by atoms with Crippen molar-refractivity contribution in [2.24, 2.45) is 0 Å². The number of aliphatic hydroxyl groups is 1. The summed E-state index contributed by atoms with van der Waals surface area (Å²) in [5.74, 6) is 0. The minimum absolute atomic E-state index is 0.193. The maximum Gasteiger partial charge on any atom is 0.0664 e. The molecule has 12 heavy (non-hydrogen) atoms. The van der Waals surface area contributed by atoms with Crippen molar-refractivity contribution >= 4 is 0 Å². The first-order valence-electron chi connectivity index (χ1n) is 4.63. The van der Waals surface area contributed by atoms with Gasteiger partial charge in [0.25, 0.3) is 0 Å². The van der Waals surface area contributed by atoms with Crippen LogP contribution in [-0.4, -0.2) is 49.5 Å². The molecule has 0 radical (unpaired) electrons. The summed E-state index contributed by atoms with van der Waals surface area (Å²) >= 11 is 0. The van der Waals surface area contributed by atoms with E-state index in [4.69, 9.17) is 4.74 Å². The summed E-state index contributed by atoms with van der Waals surface area (Å²) in [4.78, 5) is 2.19. The molecule has 1 atom stereocenters. The number of hydrogen-bond donors (Lipinski definition) is 1. The first-order valence-corrected chi connectivity index (χ1v) is 4.63. The Kier molecular flexibility index (Phi) is 7.45. The number of hydrogen-bond acceptors (Lipinski definition) is 3. The van der Waals surface area contributed by atoms with Crippen LogP contribution in [0.4, 0.5) is 0 Å². The van der Waals surface area contributed by atoms with E-state index in [1.54, 1.807) is 7.11 Å². The number of likely N-dealkylation sites (N-methyl/N-ethyl adjacent to an activating group) is 1. The van der Waals surface area contributed by atoms with Crippen LogP contribution in [0.5, 0.6) is 0 Å². The lowest BCUT2D eigenvalue weighted by Crippen LogP contribution is -2.34. The molecule has 0 aliphatic carbocycles. The van der Waals surface area contributed by atoms with Gasteiger partial charge in [-0.2, -0.15) is 0 Å². The van der Waals surface area contributed by atoms with Crippen LogP contribution in [0.1, 0.15) is 20.3 Å². The van der Waals surface area contributed by atoms with Gasteiger partial charge < -0.3 is 9.84 Å². The van der Waals surface area contributed by atoms with Gasteiger partial charge in [0.1, 0.15) is 0 Å². The van der Waals surface area contributed by atoms with E-state index < -0.39 is 0 Å². The molecule has 0 aliphatic heterocycles. The van der Waals surface area contributed by atoms with Gasteiger partial charge in [0.2, 0.25) is 0 Å². The average molecular weight is 175 g/mol. The van der Waals surface area contributed by atoms with Crippen molar-refractivity contribution in [3.05, 3.63) is 0 Å². The minimum Gasteiger partial charge on any atom is -0.392 e. The fourth-order valence-electron chi connectivity index (χ4n) is 1.03. The lowest BCUT2D eigenvalue weighted by Gasteiger charge is -2.22. The average Bonchev–Trinajstić information content (AvgIpc) is 2.11. The quantitative estimate of drug-likeness (QED) is 0.619. The van der Waals surface area contributed by atoms with Crippen molar-refractivity contribution in [1.29, 1.82) is 0 Å². The van der Waals surface area contributed by atoms with Crippen molar-refractivity contribution in [2.75, 3.05) is 33.4 Å². The Bertz CT molecular complexity index is 98.5. The van der Waals surface area contributed by atoms with Gasteiger partial charge >= 0.3 is 0 Å². The second-order valence-corrected chi connectivity index (χ2v) is 2.95. The first kappa shape index (κ1) is 11.9. The molecule has 0 aromatic carbocycles. The number of nitrogens with zero attached hydrogens (tertiary/aromatic N) is 1. The van der Waals surface area contributed by atoms with Gasteiger partial charge in [-0.05, 0) is 13.0 Å². The zero-order valence-corrected chi connectivity index (χ0v) is 8.42. The number of methoxy groups -OCH3 is 1. The van der Waals surface area contributed by atoms with E-state index in [2.05, 4.69) is 11.8 Å². The van der Waals surface area contributed by atoms with Crippen LogP contribution in [0.25, 0.3) is 0 Å². The van der Waals surface area contributed by atoms with Gasteiger partial charge in [-0.15, -0.1) is 0 Å². The van der Waals surface area contributed by atoms with Crippen molar-refractivity contribution in [2.45, 2.75) is 26.4 Å². The van der Waals surface area contributed by atoms with E-state index in [-0.39, 0.29) is 6.10 Å². The highest BCUT2D eigenvalue weighted by Crippen LogP contribution is 1.95. The lowest BCUT2D eigenvalue weighted by atomic mass is 10.2. The van der Waals surface area contributed by atoms with Crippen molar-refractivity contribution in [1.82, 2.24) is 4.90 Å². The highest BCUT2D eigenvalue weighted by atomic mass is 16.5. The zero-order valence-electron chi connectivity index (χ0n) is 8.42. The topological polar surface area (TPSA) is 32.7 Å². The molecule has 3 heteroatoms. The second kappa shape index (κ2) is 7.53. The van der Waals surface area contributed by atoms with E-state index in [9.17, 15) is 5.11 Å². The Labute approximate surface area is 75.3 Å². The van der Waals surface area contributed by atoms with Crippen LogP contribution in [0.15, 0.2) is 0 Å². The summed E-state index contributed by atoms with van der Waals surface area (Å²) in [5.41, 5.74) is 0. The monoisotopic (exact) mass is 175 g/mol. The third-order valence-electron chi connectivity index (χ3n) is 2.00. The molecular weight excluding hydrogens is 154 g/mol. The van der Waals surface area contributed by atoms with Gasteiger partial charge in [-0.3, -0.25) is 4.90 Å². The normalized spacial score (nSPS) is 13.8. The van der Waals surface area contributed by atoms with Gasteiger partial charge in [-0.25, -0.2) is 0 Å². The Balaban J connectivity index is 3.51. The molecule has 0 rings (SSSR count). The molecule has 0 heterocycles. The number of ether oxygens (including phenoxy) is 1. The van der Waals surface area contributed by atoms with Crippen molar-refractivity contribution < 1.29 is 9.84 Å². The molecular formula is C9H21NO2. The van der Waals surface area contributed by atoms with Crippen LogP contribution >= 0.6 is 0 Å². The summed E-state index contributed by atoms with van der Waals surface area (Å²) in [6.45, 7) is 7.47. The fourth-order valence-corrected chi connectivity index (χ4v) is 1.03. The summed E-state index contributed by atoms with van der Waals surface area (Å²) < 4.78 is 4.97. The SMILES string of the molecule is CCC(O)CN(CC)CCOC. The predicted octanol–water partition coefficient (Wildman–Crippen LogP) is 0.726. The molecule has 0 saturated heterocycles. The van der Waals surface area contributed by atoms with E-state index in [1.165, 1.54) is 0 Å². The Hall–Kier alpha value is -0.120. The van der Waals surface area contributed by atoms with Crippen LogP contribution in [0, 0.1) is 0 Å². The molecule has 0 saturated carbocycles. The maximum absolute atomic E-state index is 9.38. The zero-order chi connectivity index (χ0) is 9.40. The number of aliphatic hydroxyl groups excluding tert-OH is 1. The van der Waals surface area contributed by atoms with Crippen LogP contribution < -0.4 is 0 Å². The van der Waals surface area contributed by atoms with Crippen molar-refractivity contribution in [3.8, 4) is 0 Å². The maximum atomic E-state index is 9.38. The van der Waals surface area contributed by atoms with Gasteiger partial charge in [0.15, 0.2) is 0 Å². The minimum atomic E-state index is -0.193. The summed E-state index contributed by atoms with van der Waals surface area (Å²) in [6, 6.07) is 0. The summed E-state index contributed by atoms with van der Waals surface area (Å²) in [5, 5.41) is 9.38. The Morgan fingerprint density at radius 1 is 1.42 bits per heavy atom. The lowest BCUT2D eigenvalue weighted by molar-refractivity contribution is 0.0899. The first-order chi connectivity index (χ1) is 5.74. The molecule has 1 unspecified atom stereocenters. The fraction of sp³-hybridized carbons (Fsp3) is 1.00. The van der Waals surface area contributed by atoms with Crippen LogP contribution in [0.3, 0.4) is 0 Å². The molecule has 0 aromatic heterocycles. The molecule has 0 amide bonds. The third-order valence-corrected chi connectivity index (χ3v) is 2.00. The molecule has 0 bridgehead atoms. The van der Waals surface area contributed by atoms with E-state index in [0.717, 1.165) is 32.7 Å². The van der Waals surface area contributed by atoms with Gasteiger partial charge in [-0.1, -0.05) is 13.8 Å². The smallest absolute Gasteiger partial charge is 0.0664 e. The van der Waals surface area contributed by atoms with Crippen LogP contribution in [-0.2, 0) is 4.74 Å². The largest absolute Gasteiger partial charge is 0.392 e. The highest BCUT2D eigenvalue weighted by molar-refractivity contribution is 4.61. The third kappa shape index (κ3) is 5.52. The Morgan fingerprint density at radius 3 is 2.50 bits per heavy atom. The molecule has 0 spiro atoms. The van der Waals surface area contributed by atoms with Gasteiger partial charge in [0.05, 0.1) is 12.7 Å². The Morgan fingerprint density at radius 2 is 2.08 bits per heavy atom. The summed E-state index contributed by atoms with van der Waals surface area (Å²) in [7, 11) is 1.70. The van der Waals surface area contributed by atoms with Crippen molar-refractivity contribution in [3.63, 3.8) is 0 Å². The van der Waals surface area contributed by atoms with Crippen LogP contribution in [0.2, 0.25) is 0 Å². The molecule has 74 valence electrons. The predicted molar refractivity (Wildman–Crippen MR) is 50.3 cm³/mol. The summed E-state index contributed by atoms with van der Waals surface area (Å²) in [6.07, 6.45) is 0.630. The molecule has 0 fully saturated rings. The standard InChI is InChI=1S/C9H21NO2/c1-4-9(11)8-10(5-2)6-7-12-3/h9,11H,4-8H2,1-3H3. The van der Waals surface area contributed by atoms with Gasteiger partial charge in [0, 0.05) is 20.2 Å². The van der Waals surface area contributed by atoms with E-state index >= 15 is 0 Å². The van der Waals surface area contributed by atoms with E-state index in [0.29, 0.717) is 0 Å². The molecule has 1 N–H and O–H groups in total. The molecule has 0 aromatic rings. The van der Waals surface area contributed by atoms with E-state index in [1.807, 2.05) is 6.92 Å². The number of rotatable bonds is 7. The molecule has 0 aliphatic rings. The molecule has 3 nitrogen and oxygen atoms in total. The highest BCUT2D eigenvalue weighted by Gasteiger charge is 2.07.